The molecule has 1 amide bonds. The molecule has 0 aliphatic heterocycles. The number of carbonyl (C=O) groups excluding carboxylic acids is 1. The highest BCUT2D eigenvalue weighted by atomic mass is 16.2. The van der Waals surface area contributed by atoms with Crippen LogP contribution in [0.25, 0.3) is 0 Å². The normalized spacial score (nSPS) is 42.9. The summed E-state index contributed by atoms with van der Waals surface area (Å²) >= 11 is 0. The number of hydrogen-bond acceptors (Lipinski definition) is 2. The smallest absolute Gasteiger partial charge is 0.240 e. The first kappa shape index (κ1) is 14.5. The van der Waals surface area contributed by atoms with Gasteiger partial charge in [-0.1, -0.05) is 12.2 Å². The van der Waals surface area contributed by atoms with Gasteiger partial charge in [0.25, 0.3) is 0 Å². The second kappa shape index (κ2) is 5.82. The summed E-state index contributed by atoms with van der Waals surface area (Å²) in [4.78, 5) is 12.3. The summed E-state index contributed by atoms with van der Waals surface area (Å²) in [5.41, 5.74) is 3.13. The molecule has 1 N–H and O–H groups in total. The molecule has 120 valence electrons. The quantitative estimate of drug-likeness (QED) is 0.475. The first-order valence-corrected chi connectivity index (χ1v) is 9.18. The SMILES string of the molecule is O=C(CC12CC3CC(CC(C3)C1)C2)N/N=C\[C@H]1CC=CCC1. The summed E-state index contributed by atoms with van der Waals surface area (Å²) in [6, 6.07) is 0. The zero-order chi connectivity index (χ0) is 15.0. The summed E-state index contributed by atoms with van der Waals surface area (Å²) in [6.45, 7) is 0. The summed E-state index contributed by atoms with van der Waals surface area (Å²) in [6.07, 6.45) is 18.7. The molecule has 5 rings (SSSR count). The summed E-state index contributed by atoms with van der Waals surface area (Å²) < 4.78 is 0. The Balaban J connectivity index is 1.30. The molecule has 1 atom stereocenters. The van der Waals surface area contributed by atoms with Crippen LogP contribution in [0.1, 0.15) is 64.2 Å². The van der Waals surface area contributed by atoms with Crippen LogP contribution in [0.2, 0.25) is 0 Å². The summed E-state index contributed by atoms with van der Waals surface area (Å²) in [5.74, 6) is 3.39. The maximum Gasteiger partial charge on any atom is 0.240 e. The highest BCUT2D eigenvalue weighted by Crippen LogP contribution is 2.61. The number of carbonyl (C=O) groups is 1. The molecule has 0 spiro atoms. The molecular weight excluding hydrogens is 272 g/mol. The van der Waals surface area contributed by atoms with Crippen molar-refractivity contribution in [3.63, 3.8) is 0 Å². The highest BCUT2D eigenvalue weighted by molar-refractivity contribution is 5.77. The Morgan fingerprint density at radius 3 is 2.41 bits per heavy atom. The van der Waals surface area contributed by atoms with E-state index in [1.54, 1.807) is 0 Å². The molecule has 3 nitrogen and oxygen atoms in total. The molecule has 4 saturated carbocycles. The molecule has 5 aliphatic rings. The van der Waals surface area contributed by atoms with Gasteiger partial charge in [0, 0.05) is 12.6 Å². The van der Waals surface area contributed by atoms with E-state index in [0.717, 1.165) is 37.0 Å². The molecule has 0 heterocycles. The zero-order valence-electron chi connectivity index (χ0n) is 13.5. The fourth-order valence-electron chi connectivity index (χ4n) is 6.05. The van der Waals surface area contributed by atoms with Gasteiger partial charge in [0.1, 0.15) is 0 Å². The number of amides is 1. The number of hydrogen-bond donors (Lipinski definition) is 1. The van der Waals surface area contributed by atoms with E-state index in [1.165, 1.54) is 38.5 Å². The molecule has 5 aliphatic carbocycles. The van der Waals surface area contributed by atoms with Gasteiger partial charge in [0.15, 0.2) is 0 Å². The topological polar surface area (TPSA) is 41.5 Å². The van der Waals surface area contributed by atoms with Crippen molar-refractivity contribution in [1.82, 2.24) is 5.43 Å². The van der Waals surface area contributed by atoms with Crippen molar-refractivity contribution in [1.29, 1.82) is 0 Å². The molecular formula is C19H28N2O. The van der Waals surface area contributed by atoms with Crippen LogP contribution in [0.5, 0.6) is 0 Å². The molecule has 0 aromatic heterocycles. The van der Waals surface area contributed by atoms with E-state index in [2.05, 4.69) is 22.7 Å². The monoisotopic (exact) mass is 300 g/mol. The second-order valence-electron chi connectivity index (χ2n) is 8.45. The number of hydrazone groups is 1. The third-order valence-electron chi connectivity index (χ3n) is 6.48. The standard InChI is InChI=1S/C19H28N2O/c22-18(21-20-13-14-4-2-1-3-5-14)12-19-9-15-6-16(10-19)8-17(7-15)11-19/h1-2,13-17H,3-12H2,(H,21,22)/b20-13-/t14-,15?,16?,17?,19?/m0/s1. The van der Waals surface area contributed by atoms with Crippen LogP contribution >= 0.6 is 0 Å². The predicted octanol–water partition coefficient (Wildman–Crippen LogP) is 4.05. The van der Waals surface area contributed by atoms with Crippen molar-refractivity contribution in [3.8, 4) is 0 Å². The van der Waals surface area contributed by atoms with Crippen molar-refractivity contribution >= 4 is 12.1 Å². The van der Waals surface area contributed by atoms with E-state index in [-0.39, 0.29) is 5.91 Å². The Morgan fingerprint density at radius 1 is 1.14 bits per heavy atom. The molecule has 0 radical (unpaired) electrons. The van der Waals surface area contributed by atoms with Crippen LogP contribution in [0.15, 0.2) is 17.3 Å². The minimum Gasteiger partial charge on any atom is -0.273 e. The lowest BCUT2D eigenvalue weighted by atomic mass is 9.49. The minimum atomic E-state index is 0.143. The van der Waals surface area contributed by atoms with Crippen LogP contribution < -0.4 is 5.43 Å². The number of rotatable bonds is 4. The Kier molecular flexibility index (Phi) is 3.83. The third kappa shape index (κ3) is 3.00. The average Bonchev–Trinajstić information content (AvgIpc) is 2.46. The first-order valence-electron chi connectivity index (χ1n) is 9.18. The predicted molar refractivity (Wildman–Crippen MR) is 88.3 cm³/mol. The highest BCUT2D eigenvalue weighted by Gasteiger charge is 2.51. The van der Waals surface area contributed by atoms with Crippen LogP contribution in [-0.2, 0) is 4.79 Å². The minimum absolute atomic E-state index is 0.143. The maximum atomic E-state index is 12.3. The number of allylic oxidation sites excluding steroid dienone is 2. The van der Waals surface area contributed by atoms with E-state index in [4.69, 9.17) is 0 Å². The Labute approximate surface area is 133 Å². The number of nitrogens with zero attached hydrogens (tertiary/aromatic N) is 1. The molecule has 3 heteroatoms. The lowest BCUT2D eigenvalue weighted by molar-refractivity contribution is -0.129. The van der Waals surface area contributed by atoms with Gasteiger partial charge in [0.05, 0.1) is 0 Å². The van der Waals surface area contributed by atoms with E-state index in [9.17, 15) is 4.79 Å². The molecule has 4 fully saturated rings. The Morgan fingerprint density at radius 2 is 1.82 bits per heavy atom. The first-order chi connectivity index (χ1) is 10.7. The third-order valence-corrected chi connectivity index (χ3v) is 6.48. The zero-order valence-corrected chi connectivity index (χ0v) is 13.5. The molecule has 0 aromatic rings. The number of nitrogens with one attached hydrogen (secondary N) is 1. The summed E-state index contributed by atoms with van der Waals surface area (Å²) in [5, 5.41) is 4.23. The van der Waals surface area contributed by atoms with Gasteiger partial charge in [0.2, 0.25) is 5.91 Å². The van der Waals surface area contributed by atoms with Gasteiger partial charge in [-0.05, 0) is 86.9 Å². The van der Waals surface area contributed by atoms with Crippen molar-refractivity contribution in [2.75, 3.05) is 0 Å². The molecule has 0 unspecified atom stereocenters. The van der Waals surface area contributed by atoms with Crippen molar-refractivity contribution < 1.29 is 4.79 Å². The van der Waals surface area contributed by atoms with Gasteiger partial charge in [-0.25, -0.2) is 5.43 Å². The van der Waals surface area contributed by atoms with E-state index < -0.39 is 0 Å². The van der Waals surface area contributed by atoms with Crippen LogP contribution in [-0.4, -0.2) is 12.1 Å². The van der Waals surface area contributed by atoms with Crippen LogP contribution in [0, 0.1) is 29.1 Å². The maximum absolute atomic E-state index is 12.3. The Bertz CT molecular complexity index is 458. The van der Waals surface area contributed by atoms with Gasteiger partial charge < -0.3 is 0 Å². The fourth-order valence-corrected chi connectivity index (χ4v) is 6.05. The second-order valence-corrected chi connectivity index (χ2v) is 8.45. The largest absolute Gasteiger partial charge is 0.273 e. The van der Waals surface area contributed by atoms with E-state index in [1.807, 2.05) is 6.21 Å². The summed E-state index contributed by atoms with van der Waals surface area (Å²) in [7, 11) is 0. The van der Waals surface area contributed by atoms with Crippen molar-refractivity contribution in [2.24, 2.45) is 34.2 Å². The van der Waals surface area contributed by atoms with Gasteiger partial charge in [-0.3, -0.25) is 4.79 Å². The molecule has 0 saturated heterocycles. The van der Waals surface area contributed by atoms with Gasteiger partial charge in [-0.15, -0.1) is 0 Å². The average molecular weight is 300 g/mol. The van der Waals surface area contributed by atoms with Gasteiger partial charge >= 0.3 is 0 Å². The molecule has 22 heavy (non-hydrogen) atoms. The van der Waals surface area contributed by atoms with E-state index in [0.29, 0.717) is 17.8 Å². The van der Waals surface area contributed by atoms with Crippen molar-refractivity contribution in [2.45, 2.75) is 64.2 Å². The van der Waals surface area contributed by atoms with Crippen LogP contribution in [0.4, 0.5) is 0 Å². The molecule has 0 aromatic carbocycles. The lowest BCUT2D eigenvalue weighted by Crippen LogP contribution is -2.47. The fraction of sp³-hybridized carbons (Fsp3) is 0.789. The Hall–Kier alpha value is -1.12. The molecule has 4 bridgehead atoms. The van der Waals surface area contributed by atoms with Gasteiger partial charge in [-0.2, -0.15) is 5.10 Å². The van der Waals surface area contributed by atoms with Crippen LogP contribution in [0.3, 0.4) is 0 Å². The lowest BCUT2D eigenvalue weighted by Gasteiger charge is -2.56. The van der Waals surface area contributed by atoms with E-state index >= 15 is 0 Å². The van der Waals surface area contributed by atoms with Crippen molar-refractivity contribution in [3.05, 3.63) is 12.2 Å².